The molecule has 0 aliphatic heterocycles. The van der Waals surface area contributed by atoms with Crippen molar-refractivity contribution in [1.29, 1.82) is 0 Å². The molecule has 0 aliphatic rings. The summed E-state index contributed by atoms with van der Waals surface area (Å²) in [7, 11) is 0. The number of carboxylic acids is 1. The van der Waals surface area contributed by atoms with E-state index in [0.29, 0.717) is 0 Å². The van der Waals surface area contributed by atoms with Gasteiger partial charge >= 0.3 is 6.16 Å². The smallest absolute Gasteiger partial charge is 0.481 e. The van der Waals surface area contributed by atoms with Crippen molar-refractivity contribution >= 4 is 12.1 Å². The Hall–Kier alpha value is -1.52. The van der Waals surface area contributed by atoms with Crippen LogP contribution in [0.25, 0.3) is 0 Å². The van der Waals surface area contributed by atoms with Crippen LogP contribution in [0.5, 0.6) is 0 Å². The predicted octanol–water partition coefficient (Wildman–Crippen LogP) is 1.12. The van der Waals surface area contributed by atoms with Crippen LogP contribution in [0.4, 0.5) is 4.79 Å². The third-order valence-electron chi connectivity index (χ3n) is 0. The molecule has 5 nitrogen and oxygen atoms in total. The van der Waals surface area contributed by atoms with E-state index >= 15 is 0 Å². The fourth-order valence-corrected chi connectivity index (χ4v) is 0. The molecule has 0 saturated carbocycles. The Bertz CT molecular complexity index is 78.2. The molecule has 0 unspecified atom stereocenters. The van der Waals surface area contributed by atoms with E-state index in [-0.39, 0.29) is 0 Å². The molecule has 0 aromatic heterocycles. The first-order chi connectivity index (χ1) is 4.46. The van der Waals surface area contributed by atoms with Crippen molar-refractivity contribution < 1.29 is 24.9 Å². The second-order valence-corrected chi connectivity index (χ2v) is 0.802. The highest BCUT2D eigenvalue weighted by Gasteiger charge is 1.70. The lowest BCUT2D eigenvalue weighted by Gasteiger charge is -1.60. The average Bonchev–Trinajstić information content (AvgIpc) is 1.66. The molecule has 0 spiro atoms. The van der Waals surface area contributed by atoms with E-state index in [1.807, 2.05) is 0 Å². The van der Waals surface area contributed by atoms with Crippen LogP contribution in [-0.4, -0.2) is 27.4 Å². The summed E-state index contributed by atoms with van der Waals surface area (Å²) in [5.74, 6) is -0.833. The Labute approximate surface area is 58.2 Å². The molecule has 0 aromatic rings. The minimum absolute atomic E-state index is 0.833. The van der Waals surface area contributed by atoms with Gasteiger partial charge in [-0.25, -0.2) is 4.79 Å². The van der Waals surface area contributed by atoms with Gasteiger partial charge in [-0.05, 0) is 0 Å². The predicted molar refractivity (Wildman–Crippen MR) is 35.2 cm³/mol. The molecule has 10 heavy (non-hydrogen) atoms. The highest BCUT2D eigenvalue weighted by atomic mass is 16.6. The molecule has 0 aromatic carbocycles. The topological polar surface area (TPSA) is 94.8 Å². The Balaban J connectivity index is -0.0000000787. The standard InChI is InChI=1S/C2H4O2.C2H4.CH2O3/c1-2(3)4;1-2;2-1(3)4/h1H3,(H,3,4);1-2H2;(H2,2,3,4). The van der Waals surface area contributed by atoms with E-state index < -0.39 is 12.1 Å². The van der Waals surface area contributed by atoms with Crippen molar-refractivity contribution in [2.75, 3.05) is 0 Å². The largest absolute Gasteiger partial charge is 0.503 e. The van der Waals surface area contributed by atoms with Crippen LogP contribution >= 0.6 is 0 Å². The minimum Gasteiger partial charge on any atom is -0.481 e. The first-order valence-corrected chi connectivity index (χ1v) is 2.08. The van der Waals surface area contributed by atoms with Crippen molar-refractivity contribution in [3.05, 3.63) is 13.2 Å². The maximum Gasteiger partial charge on any atom is 0.503 e. The first-order valence-electron chi connectivity index (χ1n) is 2.08. The zero-order valence-corrected chi connectivity index (χ0v) is 5.57. The molecule has 3 N–H and O–H groups in total. The van der Waals surface area contributed by atoms with Crippen LogP contribution in [0.2, 0.25) is 0 Å². The van der Waals surface area contributed by atoms with Gasteiger partial charge in [-0.1, -0.05) is 0 Å². The van der Waals surface area contributed by atoms with Gasteiger partial charge in [-0.15, -0.1) is 13.2 Å². The summed E-state index contributed by atoms with van der Waals surface area (Å²) in [5, 5.41) is 21.4. The van der Waals surface area contributed by atoms with Gasteiger partial charge in [-0.2, -0.15) is 0 Å². The Kier molecular flexibility index (Phi) is 24.7. The molecule has 0 rings (SSSR count). The molecule has 60 valence electrons. The molecular formula is C5H10O5. The zero-order valence-electron chi connectivity index (χ0n) is 5.57. The molecule has 0 atom stereocenters. The van der Waals surface area contributed by atoms with Gasteiger partial charge in [0.2, 0.25) is 0 Å². The SMILES string of the molecule is C=C.CC(=O)O.O=C(O)O. The maximum absolute atomic E-state index is 9.00. The molecule has 0 amide bonds. The summed E-state index contributed by atoms with van der Waals surface area (Å²) in [6, 6.07) is 0. The third-order valence-corrected chi connectivity index (χ3v) is 0. The number of hydrogen-bond donors (Lipinski definition) is 3. The quantitative estimate of drug-likeness (QED) is 0.449. The normalized spacial score (nSPS) is 5.30. The molecule has 0 aliphatic carbocycles. The molecule has 0 saturated heterocycles. The summed E-state index contributed by atoms with van der Waals surface area (Å²) < 4.78 is 0. The lowest BCUT2D eigenvalue weighted by Crippen LogP contribution is -1.81. The second kappa shape index (κ2) is 15.6. The number of hydrogen-bond acceptors (Lipinski definition) is 2. The lowest BCUT2D eigenvalue weighted by atomic mass is 10.9. The minimum atomic E-state index is -1.83. The molecule has 0 fully saturated rings. The van der Waals surface area contributed by atoms with Crippen molar-refractivity contribution in [1.82, 2.24) is 0 Å². The van der Waals surface area contributed by atoms with Crippen LogP contribution in [0, 0.1) is 0 Å². The van der Waals surface area contributed by atoms with E-state index in [0.717, 1.165) is 6.92 Å². The number of aliphatic carboxylic acids is 1. The molecule has 5 heteroatoms. The van der Waals surface area contributed by atoms with E-state index in [9.17, 15) is 0 Å². The summed E-state index contributed by atoms with van der Waals surface area (Å²) in [6.07, 6.45) is -1.83. The van der Waals surface area contributed by atoms with Crippen LogP contribution < -0.4 is 0 Å². The van der Waals surface area contributed by atoms with E-state index in [1.54, 1.807) is 0 Å². The van der Waals surface area contributed by atoms with Gasteiger partial charge in [-0.3, -0.25) is 4.79 Å². The van der Waals surface area contributed by atoms with Crippen LogP contribution in [-0.2, 0) is 4.79 Å². The van der Waals surface area contributed by atoms with E-state index in [2.05, 4.69) is 13.2 Å². The van der Waals surface area contributed by atoms with E-state index in [4.69, 9.17) is 24.9 Å². The second-order valence-electron chi connectivity index (χ2n) is 0.802. The van der Waals surface area contributed by atoms with E-state index in [1.165, 1.54) is 0 Å². The van der Waals surface area contributed by atoms with Gasteiger partial charge < -0.3 is 15.3 Å². The summed E-state index contributed by atoms with van der Waals surface area (Å²) in [5.41, 5.74) is 0. The summed E-state index contributed by atoms with van der Waals surface area (Å²) >= 11 is 0. The molecule has 0 bridgehead atoms. The van der Waals surface area contributed by atoms with Crippen LogP contribution in [0.15, 0.2) is 13.2 Å². The maximum atomic E-state index is 9.00. The van der Waals surface area contributed by atoms with Crippen molar-refractivity contribution in [3.8, 4) is 0 Å². The Morgan fingerprint density at radius 1 is 1.10 bits per heavy atom. The Morgan fingerprint density at radius 2 is 1.10 bits per heavy atom. The fraction of sp³-hybridized carbons (Fsp3) is 0.200. The van der Waals surface area contributed by atoms with Gasteiger partial charge in [0, 0.05) is 6.92 Å². The van der Waals surface area contributed by atoms with Gasteiger partial charge in [0.15, 0.2) is 0 Å². The average molecular weight is 150 g/mol. The van der Waals surface area contributed by atoms with Crippen molar-refractivity contribution in [2.45, 2.75) is 6.92 Å². The van der Waals surface area contributed by atoms with Crippen LogP contribution in [0.3, 0.4) is 0 Å². The first kappa shape index (κ1) is 15.8. The van der Waals surface area contributed by atoms with Gasteiger partial charge in [0.25, 0.3) is 5.97 Å². The fourth-order valence-electron chi connectivity index (χ4n) is 0. The number of rotatable bonds is 0. The molecule has 0 heterocycles. The highest BCUT2D eigenvalue weighted by Crippen LogP contribution is 1.43. The van der Waals surface area contributed by atoms with Crippen molar-refractivity contribution in [2.24, 2.45) is 0 Å². The van der Waals surface area contributed by atoms with Crippen LogP contribution in [0.1, 0.15) is 6.92 Å². The van der Waals surface area contributed by atoms with Gasteiger partial charge in [0.1, 0.15) is 0 Å². The zero-order chi connectivity index (χ0) is 9.15. The highest BCUT2D eigenvalue weighted by molar-refractivity contribution is 5.62. The van der Waals surface area contributed by atoms with Crippen molar-refractivity contribution in [3.63, 3.8) is 0 Å². The summed E-state index contributed by atoms with van der Waals surface area (Å²) in [6.45, 7) is 7.08. The lowest BCUT2D eigenvalue weighted by molar-refractivity contribution is -0.134. The number of carbonyl (C=O) groups is 2. The Morgan fingerprint density at radius 3 is 1.10 bits per heavy atom. The molecular weight excluding hydrogens is 140 g/mol. The van der Waals surface area contributed by atoms with Gasteiger partial charge in [0.05, 0.1) is 0 Å². The summed E-state index contributed by atoms with van der Waals surface area (Å²) in [4.78, 5) is 17.6. The number of carboxylic acid groups (broad SMARTS) is 3. The monoisotopic (exact) mass is 150 g/mol. The molecule has 0 radical (unpaired) electrons. The third kappa shape index (κ3) is 84.2.